The summed E-state index contributed by atoms with van der Waals surface area (Å²) in [6, 6.07) is 6.61. The zero-order valence-electron chi connectivity index (χ0n) is 20.2. The summed E-state index contributed by atoms with van der Waals surface area (Å²) in [6.45, 7) is 6.15. The minimum absolute atomic E-state index is 0.00756. The van der Waals surface area contributed by atoms with Crippen molar-refractivity contribution in [2.75, 3.05) is 25.0 Å². The number of carbonyl (C=O) groups is 1. The van der Waals surface area contributed by atoms with Gasteiger partial charge in [0.25, 0.3) is 0 Å². The van der Waals surface area contributed by atoms with E-state index in [4.69, 9.17) is 16.3 Å². The van der Waals surface area contributed by atoms with Gasteiger partial charge >= 0.3 is 0 Å². The van der Waals surface area contributed by atoms with E-state index in [1.54, 1.807) is 6.20 Å². The number of likely N-dealkylation sites (tertiary alicyclic amines) is 1. The van der Waals surface area contributed by atoms with Crippen LogP contribution in [0.15, 0.2) is 24.4 Å². The average molecular weight is 488 g/mol. The largest absolute Gasteiger partial charge is 0.376 e. The van der Waals surface area contributed by atoms with Gasteiger partial charge in [0, 0.05) is 48.3 Å². The number of nitrogens with one attached hydrogen (secondary N) is 1. The Kier molecular flexibility index (Phi) is 6.84. The van der Waals surface area contributed by atoms with E-state index in [1.165, 1.54) is 5.56 Å². The average Bonchev–Trinajstić information content (AvgIpc) is 3.24. The molecule has 3 heterocycles. The number of fused-ring (bicyclic) bond motifs is 1. The Morgan fingerprint density at radius 2 is 1.94 bits per heavy atom. The molecule has 1 aliphatic carbocycles. The third-order valence-corrected chi connectivity index (χ3v) is 8.30. The molecule has 5 rings (SSSR count). The summed E-state index contributed by atoms with van der Waals surface area (Å²) in [5, 5.41) is 5.81. The van der Waals surface area contributed by atoms with Gasteiger partial charge in [-0.15, -0.1) is 0 Å². The van der Waals surface area contributed by atoms with Crippen molar-refractivity contribution < 1.29 is 13.9 Å². The van der Waals surface area contributed by atoms with E-state index >= 15 is 0 Å². The quantitative estimate of drug-likeness (QED) is 0.566. The van der Waals surface area contributed by atoms with E-state index < -0.39 is 6.17 Å². The van der Waals surface area contributed by atoms with Crippen molar-refractivity contribution in [2.24, 2.45) is 5.92 Å². The molecule has 2 saturated heterocycles. The number of aromatic nitrogens is 1. The second-order valence-electron chi connectivity index (χ2n) is 11.0. The predicted molar refractivity (Wildman–Crippen MR) is 134 cm³/mol. The van der Waals surface area contributed by atoms with Crippen molar-refractivity contribution in [3.8, 4) is 0 Å². The van der Waals surface area contributed by atoms with E-state index in [2.05, 4.69) is 21.3 Å². The Morgan fingerprint density at radius 1 is 1.15 bits per heavy atom. The lowest BCUT2D eigenvalue weighted by molar-refractivity contribution is -0.130. The Balaban J connectivity index is 1.28. The molecule has 0 unspecified atom stereocenters. The minimum atomic E-state index is -0.658. The molecule has 0 bridgehead atoms. The third kappa shape index (κ3) is 5.24. The molecular weight excluding hydrogens is 453 g/mol. The van der Waals surface area contributed by atoms with E-state index in [9.17, 15) is 9.18 Å². The first-order valence-corrected chi connectivity index (χ1v) is 13.1. The van der Waals surface area contributed by atoms with Gasteiger partial charge in [0.2, 0.25) is 5.91 Å². The smallest absolute Gasteiger partial charge is 0.228 e. The van der Waals surface area contributed by atoms with Crippen molar-refractivity contribution in [3.63, 3.8) is 0 Å². The van der Waals surface area contributed by atoms with Crippen LogP contribution in [0.3, 0.4) is 0 Å². The van der Waals surface area contributed by atoms with Crippen LogP contribution in [-0.2, 0) is 9.53 Å². The molecule has 2 atom stereocenters. The highest BCUT2D eigenvalue weighted by Crippen LogP contribution is 2.40. The van der Waals surface area contributed by atoms with E-state index in [1.807, 2.05) is 26.0 Å². The van der Waals surface area contributed by atoms with Gasteiger partial charge in [-0.25, -0.2) is 9.37 Å². The number of ether oxygens (including phenoxy) is 1. The molecule has 2 aromatic rings. The van der Waals surface area contributed by atoms with Crippen LogP contribution in [0.1, 0.15) is 70.3 Å². The zero-order valence-corrected chi connectivity index (χ0v) is 20.9. The number of pyridine rings is 1. The van der Waals surface area contributed by atoms with Gasteiger partial charge in [0.05, 0.1) is 5.60 Å². The van der Waals surface area contributed by atoms with Crippen molar-refractivity contribution >= 4 is 34.1 Å². The first kappa shape index (κ1) is 24.0. The summed E-state index contributed by atoms with van der Waals surface area (Å²) in [4.78, 5) is 19.7. The number of alkyl halides is 1. The molecule has 1 amide bonds. The summed E-state index contributed by atoms with van der Waals surface area (Å²) >= 11 is 6.70. The molecule has 5 nitrogen and oxygen atoms in total. The van der Waals surface area contributed by atoms with Gasteiger partial charge in [0.1, 0.15) is 12.0 Å². The van der Waals surface area contributed by atoms with Crippen LogP contribution in [0.4, 0.5) is 10.2 Å². The highest BCUT2D eigenvalue weighted by atomic mass is 35.5. The molecule has 1 N–H and O–H groups in total. The lowest BCUT2D eigenvalue weighted by Gasteiger charge is -2.35. The molecule has 7 heteroatoms. The standard InChI is InChI=1S/C27H35ClFN3O2/c1-27(2)14-18(8-10-34-27)26(33)31-25-13-19-11-23(24(28)12-20(19)15-30-25)17-3-5-22(6-4-17)32-9-7-21(29)16-32/h11-13,15,17-18,21-22H,3-10,14,16H2,1-2H3,(H,30,31,33)/t17-,18-,21-,22+/m1/s1. The van der Waals surface area contributed by atoms with Crippen LogP contribution in [0.5, 0.6) is 0 Å². The summed E-state index contributed by atoms with van der Waals surface area (Å²) in [6.07, 6.45) is 7.55. The fraction of sp³-hybridized carbons (Fsp3) is 0.630. The summed E-state index contributed by atoms with van der Waals surface area (Å²) in [5.74, 6) is 0.926. The maximum atomic E-state index is 13.6. The van der Waals surface area contributed by atoms with Crippen LogP contribution < -0.4 is 5.32 Å². The van der Waals surface area contributed by atoms with Crippen molar-refractivity contribution in [1.82, 2.24) is 9.88 Å². The van der Waals surface area contributed by atoms with E-state index in [0.717, 1.165) is 54.4 Å². The molecule has 1 saturated carbocycles. The molecule has 3 aliphatic rings. The topological polar surface area (TPSA) is 54.5 Å². The molecule has 0 radical (unpaired) electrons. The molecule has 1 aromatic carbocycles. The summed E-state index contributed by atoms with van der Waals surface area (Å²) in [5.41, 5.74) is 0.899. The van der Waals surface area contributed by atoms with Gasteiger partial charge < -0.3 is 10.1 Å². The van der Waals surface area contributed by atoms with E-state index in [0.29, 0.717) is 43.8 Å². The molecule has 34 heavy (non-hydrogen) atoms. The van der Waals surface area contributed by atoms with E-state index in [-0.39, 0.29) is 17.4 Å². The van der Waals surface area contributed by atoms with Gasteiger partial charge in [0.15, 0.2) is 0 Å². The van der Waals surface area contributed by atoms with Crippen LogP contribution >= 0.6 is 11.6 Å². The monoisotopic (exact) mass is 487 g/mol. The molecule has 2 aliphatic heterocycles. The number of rotatable bonds is 4. The highest BCUT2D eigenvalue weighted by Gasteiger charge is 2.34. The van der Waals surface area contributed by atoms with Gasteiger partial charge in [-0.2, -0.15) is 0 Å². The van der Waals surface area contributed by atoms with Crippen LogP contribution in [-0.4, -0.2) is 53.3 Å². The SMILES string of the molecule is CC1(C)C[C@H](C(=O)Nc2cc3cc([C@H]4CC[C@@H](N5CC[C@@H](F)C5)CC4)c(Cl)cc3cn2)CCO1. The number of anilines is 1. The molecule has 1 aromatic heterocycles. The van der Waals surface area contributed by atoms with Gasteiger partial charge in [-0.05, 0) is 93.9 Å². The highest BCUT2D eigenvalue weighted by molar-refractivity contribution is 6.32. The summed E-state index contributed by atoms with van der Waals surface area (Å²) in [7, 11) is 0. The van der Waals surface area contributed by atoms with Gasteiger partial charge in [-0.1, -0.05) is 11.6 Å². The molecule has 184 valence electrons. The van der Waals surface area contributed by atoms with Crippen LogP contribution in [0.2, 0.25) is 5.02 Å². The van der Waals surface area contributed by atoms with Crippen molar-refractivity contribution in [3.05, 3.63) is 35.0 Å². The molecule has 3 fully saturated rings. The van der Waals surface area contributed by atoms with Crippen LogP contribution in [0, 0.1) is 5.92 Å². The normalized spacial score (nSPS) is 29.9. The lowest BCUT2D eigenvalue weighted by Crippen LogP contribution is -2.39. The third-order valence-electron chi connectivity index (χ3n) is 7.97. The summed E-state index contributed by atoms with van der Waals surface area (Å²) < 4.78 is 19.4. The van der Waals surface area contributed by atoms with Gasteiger partial charge in [-0.3, -0.25) is 9.69 Å². The van der Waals surface area contributed by atoms with Crippen LogP contribution in [0.25, 0.3) is 10.8 Å². The first-order valence-electron chi connectivity index (χ1n) is 12.7. The second-order valence-corrected chi connectivity index (χ2v) is 11.4. The fourth-order valence-electron chi connectivity index (χ4n) is 6.08. The fourth-order valence-corrected chi connectivity index (χ4v) is 6.40. The number of benzene rings is 1. The predicted octanol–water partition coefficient (Wildman–Crippen LogP) is 6.10. The second kappa shape index (κ2) is 9.71. The minimum Gasteiger partial charge on any atom is -0.376 e. The number of hydrogen-bond acceptors (Lipinski definition) is 4. The zero-order chi connectivity index (χ0) is 23.9. The number of halogens is 2. The number of carbonyl (C=O) groups excluding carboxylic acids is 1. The Morgan fingerprint density at radius 3 is 2.65 bits per heavy atom. The molecular formula is C27H35ClFN3O2. The number of hydrogen-bond donors (Lipinski definition) is 1. The maximum absolute atomic E-state index is 13.6. The Hall–Kier alpha value is -1.76. The first-order chi connectivity index (χ1) is 16.3. The molecule has 0 spiro atoms. The Labute approximate surface area is 206 Å². The Bertz CT molecular complexity index is 1050. The number of amides is 1. The lowest BCUT2D eigenvalue weighted by atomic mass is 9.81. The number of nitrogens with zero attached hydrogens (tertiary/aromatic N) is 2. The van der Waals surface area contributed by atoms with Crippen molar-refractivity contribution in [1.29, 1.82) is 0 Å². The van der Waals surface area contributed by atoms with Crippen molar-refractivity contribution in [2.45, 2.75) is 82.5 Å². The maximum Gasteiger partial charge on any atom is 0.228 e.